The Hall–Kier alpha value is -2.60. The van der Waals surface area contributed by atoms with Crippen LogP contribution in [0.1, 0.15) is 10.4 Å². The monoisotopic (exact) mass is 304 g/mol. The molecule has 0 atom stereocenters. The Morgan fingerprint density at radius 1 is 1.10 bits per heavy atom. The highest BCUT2D eigenvalue weighted by atomic mass is 35.5. The van der Waals surface area contributed by atoms with Crippen molar-refractivity contribution in [3.63, 3.8) is 0 Å². The van der Waals surface area contributed by atoms with Crippen molar-refractivity contribution in [3.8, 4) is 0 Å². The smallest absolute Gasteiger partial charge is 0.318 e. The van der Waals surface area contributed by atoms with E-state index in [9.17, 15) is 9.59 Å². The number of nitrogens with zero attached hydrogens (tertiary/aromatic N) is 1. The number of rotatable bonds is 3. The summed E-state index contributed by atoms with van der Waals surface area (Å²) in [7, 11) is 1.52. The second-order valence-electron chi connectivity index (χ2n) is 4.11. The highest BCUT2D eigenvalue weighted by Gasteiger charge is 2.07. The van der Waals surface area contributed by atoms with Crippen LogP contribution in [-0.2, 0) is 0 Å². The molecule has 6 nitrogen and oxygen atoms in total. The minimum absolute atomic E-state index is 0.248. The van der Waals surface area contributed by atoms with Crippen LogP contribution in [-0.4, -0.2) is 24.0 Å². The van der Waals surface area contributed by atoms with Crippen LogP contribution < -0.4 is 16.0 Å². The fourth-order valence-corrected chi connectivity index (χ4v) is 1.79. The maximum absolute atomic E-state index is 12.1. The lowest BCUT2D eigenvalue weighted by Gasteiger charge is -2.08. The van der Waals surface area contributed by atoms with Crippen LogP contribution >= 0.6 is 11.6 Å². The third kappa shape index (κ3) is 4.19. The number of halogens is 1. The number of carbonyl (C=O) groups is 2. The van der Waals surface area contributed by atoms with Crippen molar-refractivity contribution in [1.29, 1.82) is 0 Å². The Morgan fingerprint density at radius 2 is 1.81 bits per heavy atom. The van der Waals surface area contributed by atoms with Gasteiger partial charge in [-0.2, -0.15) is 0 Å². The molecule has 7 heteroatoms. The largest absolute Gasteiger partial charge is 0.341 e. The summed E-state index contributed by atoms with van der Waals surface area (Å²) < 4.78 is 0. The molecule has 3 amide bonds. The average Bonchev–Trinajstić information content (AvgIpc) is 2.47. The van der Waals surface area contributed by atoms with Gasteiger partial charge in [0.05, 0.1) is 0 Å². The zero-order valence-corrected chi connectivity index (χ0v) is 11.9. The second-order valence-corrected chi connectivity index (χ2v) is 4.49. The van der Waals surface area contributed by atoms with Crippen LogP contribution in [0.25, 0.3) is 0 Å². The van der Waals surface area contributed by atoms with Crippen LogP contribution in [0.4, 0.5) is 16.2 Å². The molecule has 1 aromatic heterocycles. The van der Waals surface area contributed by atoms with E-state index in [2.05, 4.69) is 20.9 Å². The van der Waals surface area contributed by atoms with E-state index in [1.165, 1.54) is 19.3 Å². The summed E-state index contributed by atoms with van der Waals surface area (Å²) in [5.41, 5.74) is 1.53. The number of carbonyl (C=O) groups excluding carboxylic acids is 2. The van der Waals surface area contributed by atoms with Gasteiger partial charge in [-0.05, 0) is 30.3 Å². The molecule has 3 N–H and O–H groups in total. The summed E-state index contributed by atoms with van der Waals surface area (Å²) in [5.74, 6) is -0.309. The lowest BCUT2D eigenvalue weighted by Crippen LogP contribution is -2.24. The fraction of sp³-hybridized carbons (Fsp3) is 0.0714. The van der Waals surface area contributed by atoms with E-state index in [0.29, 0.717) is 16.9 Å². The summed E-state index contributed by atoms with van der Waals surface area (Å²) in [6, 6.07) is 9.51. The molecule has 0 radical (unpaired) electrons. The van der Waals surface area contributed by atoms with E-state index < -0.39 is 0 Å². The molecule has 0 fully saturated rings. The van der Waals surface area contributed by atoms with Gasteiger partial charge in [-0.15, -0.1) is 0 Å². The molecule has 0 spiro atoms. The maximum Gasteiger partial charge on any atom is 0.318 e. The Labute approximate surface area is 126 Å². The quantitative estimate of drug-likeness (QED) is 0.762. The summed E-state index contributed by atoms with van der Waals surface area (Å²) in [6.07, 6.45) is 1.46. The van der Waals surface area contributed by atoms with Crippen molar-refractivity contribution in [1.82, 2.24) is 10.3 Å². The number of hydrogen-bond acceptors (Lipinski definition) is 3. The van der Waals surface area contributed by atoms with Crippen molar-refractivity contribution in [2.45, 2.75) is 0 Å². The molecule has 0 saturated heterocycles. The predicted octanol–water partition coefficient (Wildman–Crippen LogP) is 2.74. The molecule has 21 heavy (non-hydrogen) atoms. The number of urea groups is 1. The van der Waals surface area contributed by atoms with Gasteiger partial charge in [0, 0.05) is 30.2 Å². The lowest BCUT2D eigenvalue weighted by molar-refractivity contribution is 0.102. The number of amides is 3. The van der Waals surface area contributed by atoms with Gasteiger partial charge >= 0.3 is 6.03 Å². The van der Waals surface area contributed by atoms with Crippen molar-refractivity contribution >= 4 is 34.9 Å². The molecule has 2 aromatic rings. The fourth-order valence-electron chi connectivity index (χ4n) is 1.62. The number of hydrogen-bond donors (Lipinski definition) is 3. The summed E-state index contributed by atoms with van der Waals surface area (Å²) >= 11 is 5.74. The number of nitrogens with one attached hydrogen (secondary N) is 3. The second kappa shape index (κ2) is 6.71. The first-order valence-corrected chi connectivity index (χ1v) is 6.48. The van der Waals surface area contributed by atoms with Gasteiger partial charge in [0.1, 0.15) is 5.15 Å². The number of benzene rings is 1. The minimum Gasteiger partial charge on any atom is -0.341 e. The summed E-state index contributed by atoms with van der Waals surface area (Å²) in [6.45, 7) is 0. The number of pyridine rings is 1. The molecule has 0 bridgehead atoms. The van der Waals surface area contributed by atoms with E-state index in [1.807, 2.05) is 0 Å². The summed E-state index contributed by atoms with van der Waals surface area (Å²) in [5, 5.41) is 8.04. The van der Waals surface area contributed by atoms with Crippen molar-refractivity contribution in [3.05, 3.63) is 53.3 Å². The first kappa shape index (κ1) is 14.8. The van der Waals surface area contributed by atoms with Gasteiger partial charge < -0.3 is 16.0 Å². The Bertz CT molecular complexity index is 676. The van der Waals surface area contributed by atoms with Crippen molar-refractivity contribution < 1.29 is 9.59 Å². The molecular weight excluding hydrogens is 292 g/mol. The lowest BCUT2D eigenvalue weighted by atomic mass is 10.2. The van der Waals surface area contributed by atoms with Crippen LogP contribution in [0, 0.1) is 0 Å². The molecule has 0 aliphatic carbocycles. The van der Waals surface area contributed by atoms with E-state index in [-0.39, 0.29) is 17.1 Å². The van der Waals surface area contributed by atoms with Gasteiger partial charge in [0.2, 0.25) is 0 Å². The number of anilines is 2. The Morgan fingerprint density at radius 3 is 2.48 bits per heavy atom. The highest BCUT2D eigenvalue weighted by molar-refractivity contribution is 6.29. The zero-order chi connectivity index (χ0) is 15.2. The predicted molar refractivity (Wildman–Crippen MR) is 81.7 cm³/mol. The first-order valence-electron chi connectivity index (χ1n) is 6.10. The van der Waals surface area contributed by atoms with E-state index in [0.717, 1.165) is 0 Å². The standard InChI is InChI=1S/C14H13ClN4O2/c1-16-14(21)19-11-4-2-3-10(8-11)18-13(20)9-5-6-17-12(15)7-9/h2-8H,1H3,(H,18,20)(H2,16,19,21). The van der Waals surface area contributed by atoms with Gasteiger partial charge in [0.25, 0.3) is 5.91 Å². The maximum atomic E-state index is 12.1. The molecular formula is C14H13ClN4O2. The minimum atomic E-state index is -0.334. The van der Waals surface area contributed by atoms with E-state index in [4.69, 9.17) is 11.6 Å². The van der Waals surface area contributed by atoms with E-state index >= 15 is 0 Å². The van der Waals surface area contributed by atoms with Crippen LogP contribution in [0.5, 0.6) is 0 Å². The Kier molecular flexibility index (Phi) is 4.73. The third-order valence-electron chi connectivity index (χ3n) is 2.59. The molecule has 0 unspecified atom stereocenters. The molecule has 2 rings (SSSR count). The van der Waals surface area contributed by atoms with Gasteiger partial charge in [-0.1, -0.05) is 17.7 Å². The molecule has 0 aliphatic rings. The van der Waals surface area contributed by atoms with Crippen molar-refractivity contribution in [2.75, 3.05) is 17.7 Å². The molecule has 1 aromatic carbocycles. The molecule has 0 saturated carbocycles. The number of aromatic nitrogens is 1. The molecule has 1 heterocycles. The van der Waals surface area contributed by atoms with Crippen LogP contribution in [0.15, 0.2) is 42.6 Å². The van der Waals surface area contributed by atoms with Gasteiger partial charge in [-0.25, -0.2) is 9.78 Å². The normalized spacial score (nSPS) is 9.81. The van der Waals surface area contributed by atoms with Crippen LogP contribution in [0.2, 0.25) is 5.15 Å². The third-order valence-corrected chi connectivity index (χ3v) is 2.80. The van der Waals surface area contributed by atoms with Crippen LogP contribution in [0.3, 0.4) is 0 Å². The average molecular weight is 305 g/mol. The zero-order valence-electron chi connectivity index (χ0n) is 11.2. The summed E-state index contributed by atoms with van der Waals surface area (Å²) in [4.78, 5) is 27.1. The van der Waals surface area contributed by atoms with E-state index in [1.54, 1.807) is 30.3 Å². The van der Waals surface area contributed by atoms with Crippen molar-refractivity contribution in [2.24, 2.45) is 0 Å². The topological polar surface area (TPSA) is 83.1 Å². The molecule has 0 aliphatic heterocycles. The van der Waals surface area contributed by atoms with Gasteiger partial charge in [-0.3, -0.25) is 4.79 Å². The molecule has 108 valence electrons. The first-order chi connectivity index (χ1) is 10.1. The van der Waals surface area contributed by atoms with Gasteiger partial charge in [0.15, 0.2) is 0 Å². The highest BCUT2D eigenvalue weighted by Crippen LogP contribution is 2.16. The Balaban J connectivity index is 2.11. The SMILES string of the molecule is CNC(=O)Nc1cccc(NC(=O)c2ccnc(Cl)c2)c1.